The second-order valence-electron chi connectivity index (χ2n) is 8.80. The number of carboxylic acid groups (broad SMARTS) is 2. The van der Waals surface area contributed by atoms with Crippen molar-refractivity contribution in [1.29, 1.82) is 0 Å². The molecule has 0 bridgehead atoms. The van der Waals surface area contributed by atoms with Crippen LogP contribution in [0.2, 0.25) is 0 Å². The van der Waals surface area contributed by atoms with E-state index in [-0.39, 0.29) is 11.7 Å². The summed E-state index contributed by atoms with van der Waals surface area (Å²) < 4.78 is 69.2. The number of alkyl halides is 6. The first-order valence-corrected chi connectivity index (χ1v) is 12.4. The predicted octanol–water partition coefficient (Wildman–Crippen LogP) is 3.60. The number of rotatable bonds is 8. The van der Waals surface area contributed by atoms with Gasteiger partial charge in [0.25, 0.3) is 5.56 Å². The van der Waals surface area contributed by atoms with Gasteiger partial charge in [-0.2, -0.15) is 26.3 Å². The predicted molar refractivity (Wildman–Crippen MR) is 135 cm³/mol. The van der Waals surface area contributed by atoms with Crippen molar-refractivity contribution in [2.45, 2.75) is 57.6 Å². The summed E-state index contributed by atoms with van der Waals surface area (Å²) in [6.45, 7) is 6.32. The molecule has 230 valence electrons. The minimum atomic E-state index is -5.08. The standard InChI is InChI=1S/C21H30N4O2.2C2HF3O2/c1-2-3-4-18-13-20(26)24-21(23-18)17-7-5-16(6-8-17)14-25-11-12-27-19(15-25)9-10-22;2*3-2(4,5)1(6)7/h5-8,13,19H,2-4,9-12,14-15,22H2,1H3,(H,23,24,26);2*(H,6,7). The highest BCUT2D eigenvalue weighted by atomic mass is 19.4. The summed E-state index contributed by atoms with van der Waals surface area (Å²) in [5.41, 5.74) is 8.61. The van der Waals surface area contributed by atoms with Gasteiger partial charge in [0.1, 0.15) is 5.82 Å². The molecule has 0 amide bonds. The third-order valence-electron chi connectivity index (χ3n) is 5.41. The van der Waals surface area contributed by atoms with E-state index in [9.17, 15) is 31.1 Å². The fourth-order valence-corrected chi connectivity index (χ4v) is 3.44. The second-order valence-corrected chi connectivity index (χ2v) is 8.80. The molecule has 0 spiro atoms. The van der Waals surface area contributed by atoms with Gasteiger partial charge in [0.15, 0.2) is 0 Å². The van der Waals surface area contributed by atoms with Crippen LogP contribution in [0.25, 0.3) is 11.4 Å². The third kappa shape index (κ3) is 14.1. The van der Waals surface area contributed by atoms with Gasteiger partial charge in [-0.05, 0) is 31.4 Å². The number of aromatic nitrogens is 2. The molecule has 0 radical (unpaired) electrons. The monoisotopic (exact) mass is 598 g/mol. The Balaban J connectivity index is 0.000000497. The molecule has 1 aromatic carbocycles. The first kappa shape index (κ1) is 35.5. The lowest BCUT2D eigenvalue weighted by Crippen LogP contribution is -2.42. The van der Waals surface area contributed by atoms with Crippen LogP contribution in [-0.2, 0) is 27.3 Å². The summed E-state index contributed by atoms with van der Waals surface area (Å²) in [6, 6.07) is 9.90. The lowest BCUT2D eigenvalue weighted by atomic mass is 10.1. The maximum Gasteiger partial charge on any atom is 0.490 e. The number of aliphatic carboxylic acids is 2. The summed E-state index contributed by atoms with van der Waals surface area (Å²) >= 11 is 0. The smallest absolute Gasteiger partial charge is 0.475 e. The van der Waals surface area contributed by atoms with Gasteiger partial charge in [-0.1, -0.05) is 37.6 Å². The summed E-state index contributed by atoms with van der Waals surface area (Å²) in [5.74, 6) is -4.87. The van der Waals surface area contributed by atoms with Gasteiger partial charge in [0.05, 0.1) is 12.7 Å². The highest BCUT2D eigenvalue weighted by molar-refractivity contribution is 5.73. The Hall–Kier alpha value is -3.50. The number of nitrogens with zero attached hydrogens (tertiary/aromatic N) is 2. The number of nitrogens with one attached hydrogen (secondary N) is 1. The van der Waals surface area contributed by atoms with Gasteiger partial charge in [0.2, 0.25) is 0 Å². The minimum absolute atomic E-state index is 0.0885. The van der Waals surface area contributed by atoms with Crippen LogP contribution < -0.4 is 11.3 Å². The van der Waals surface area contributed by atoms with Crippen LogP contribution in [0.4, 0.5) is 26.3 Å². The molecule has 1 aromatic heterocycles. The molecule has 16 heteroatoms. The van der Waals surface area contributed by atoms with Crippen molar-refractivity contribution in [3.8, 4) is 11.4 Å². The molecule has 3 rings (SSSR count). The van der Waals surface area contributed by atoms with E-state index in [1.165, 1.54) is 5.56 Å². The maximum absolute atomic E-state index is 11.9. The van der Waals surface area contributed by atoms with E-state index in [1.54, 1.807) is 6.07 Å². The van der Waals surface area contributed by atoms with Crippen molar-refractivity contribution in [1.82, 2.24) is 14.9 Å². The van der Waals surface area contributed by atoms with Gasteiger partial charge >= 0.3 is 24.3 Å². The van der Waals surface area contributed by atoms with Crippen LogP contribution >= 0.6 is 0 Å². The Kier molecular flexibility index (Phi) is 14.5. The molecule has 0 aliphatic carbocycles. The first-order chi connectivity index (χ1) is 19.1. The molecular formula is C25H32F6N4O6. The average Bonchev–Trinajstić information content (AvgIpc) is 2.88. The van der Waals surface area contributed by atoms with Crippen molar-refractivity contribution >= 4 is 11.9 Å². The molecule has 41 heavy (non-hydrogen) atoms. The molecule has 1 saturated heterocycles. The lowest BCUT2D eigenvalue weighted by molar-refractivity contribution is -0.193. The number of carbonyl (C=O) groups is 2. The van der Waals surface area contributed by atoms with E-state index >= 15 is 0 Å². The fourth-order valence-electron chi connectivity index (χ4n) is 3.44. The van der Waals surface area contributed by atoms with Crippen LogP contribution in [0, 0.1) is 0 Å². The molecule has 2 heterocycles. The van der Waals surface area contributed by atoms with E-state index in [4.69, 9.17) is 30.3 Å². The van der Waals surface area contributed by atoms with Crippen LogP contribution in [0.1, 0.15) is 37.4 Å². The Morgan fingerprint density at radius 3 is 2.15 bits per heavy atom. The van der Waals surface area contributed by atoms with E-state index in [2.05, 4.69) is 33.9 Å². The lowest BCUT2D eigenvalue weighted by Gasteiger charge is -2.32. The normalized spacial score (nSPS) is 15.7. The number of hydrogen-bond donors (Lipinski definition) is 4. The maximum atomic E-state index is 11.9. The number of carboxylic acids is 2. The number of morpholine rings is 1. The van der Waals surface area contributed by atoms with Crippen LogP contribution in [-0.4, -0.2) is 81.7 Å². The molecule has 2 aromatic rings. The van der Waals surface area contributed by atoms with Crippen molar-refractivity contribution in [3.63, 3.8) is 0 Å². The minimum Gasteiger partial charge on any atom is -0.475 e. The van der Waals surface area contributed by atoms with Crippen molar-refractivity contribution in [2.24, 2.45) is 5.73 Å². The van der Waals surface area contributed by atoms with Crippen LogP contribution in [0.3, 0.4) is 0 Å². The van der Waals surface area contributed by atoms with E-state index in [0.29, 0.717) is 12.4 Å². The number of unbranched alkanes of at least 4 members (excludes halogenated alkanes) is 1. The molecule has 0 saturated carbocycles. The number of benzene rings is 1. The Morgan fingerprint density at radius 2 is 1.66 bits per heavy atom. The van der Waals surface area contributed by atoms with Gasteiger partial charge in [-0.3, -0.25) is 9.69 Å². The second kappa shape index (κ2) is 16.7. The van der Waals surface area contributed by atoms with Crippen LogP contribution in [0.15, 0.2) is 35.1 Å². The van der Waals surface area contributed by atoms with E-state index in [1.807, 2.05) is 12.1 Å². The van der Waals surface area contributed by atoms with E-state index in [0.717, 1.165) is 63.2 Å². The quantitative estimate of drug-likeness (QED) is 0.333. The number of aryl methyl sites for hydroxylation is 1. The van der Waals surface area contributed by atoms with Gasteiger partial charge in [-0.15, -0.1) is 0 Å². The first-order valence-electron chi connectivity index (χ1n) is 12.4. The number of hydrogen-bond acceptors (Lipinski definition) is 7. The SMILES string of the molecule is CCCCc1cc(=O)[nH]c(-c2ccc(CN3CCOC(CCN)C3)cc2)n1.O=C(O)C(F)(F)F.O=C(O)C(F)(F)F. The average molecular weight is 599 g/mol. The molecule has 1 atom stereocenters. The summed E-state index contributed by atoms with van der Waals surface area (Å²) in [6.07, 6.45) is -6.05. The Morgan fingerprint density at radius 1 is 1.10 bits per heavy atom. The molecular weight excluding hydrogens is 566 g/mol. The van der Waals surface area contributed by atoms with Crippen molar-refractivity contribution in [2.75, 3.05) is 26.2 Å². The molecule has 1 aliphatic heterocycles. The van der Waals surface area contributed by atoms with Crippen molar-refractivity contribution < 1.29 is 50.9 Å². The van der Waals surface area contributed by atoms with Gasteiger partial charge in [0, 0.05) is 37.0 Å². The molecule has 1 aliphatic rings. The largest absolute Gasteiger partial charge is 0.490 e. The number of halogens is 6. The third-order valence-corrected chi connectivity index (χ3v) is 5.41. The van der Waals surface area contributed by atoms with E-state index < -0.39 is 24.3 Å². The summed E-state index contributed by atoms with van der Waals surface area (Å²) in [4.78, 5) is 39.6. The molecule has 1 unspecified atom stereocenters. The topological polar surface area (TPSA) is 159 Å². The zero-order valence-corrected chi connectivity index (χ0v) is 22.1. The number of aromatic amines is 1. The van der Waals surface area contributed by atoms with Gasteiger partial charge in [-0.25, -0.2) is 14.6 Å². The van der Waals surface area contributed by atoms with Crippen molar-refractivity contribution in [3.05, 3.63) is 51.9 Å². The summed E-state index contributed by atoms with van der Waals surface area (Å²) in [7, 11) is 0. The Bertz CT molecular complexity index is 1130. The Labute approximate surface area is 231 Å². The zero-order valence-electron chi connectivity index (χ0n) is 22.1. The highest BCUT2D eigenvalue weighted by Crippen LogP contribution is 2.18. The summed E-state index contributed by atoms with van der Waals surface area (Å²) in [5, 5.41) is 14.2. The number of ether oxygens (including phenoxy) is 1. The fraction of sp³-hybridized carbons (Fsp3) is 0.520. The molecule has 10 nitrogen and oxygen atoms in total. The molecule has 1 fully saturated rings. The zero-order chi connectivity index (χ0) is 31.2. The highest BCUT2D eigenvalue weighted by Gasteiger charge is 2.38. The number of nitrogens with two attached hydrogens (primary N) is 1. The van der Waals surface area contributed by atoms with Crippen LogP contribution in [0.5, 0.6) is 0 Å². The number of H-pyrrole nitrogens is 1. The molecule has 5 N–H and O–H groups in total. The van der Waals surface area contributed by atoms with Gasteiger partial charge < -0.3 is 25.7 Å².